The van der Waals surface area contributed by atoms with Gasteiger partial charge in [0.15, 0.2) is 34.7 Å². The van der Waals surface area contributed by atoms with Crippen molar-refractivity contribution in [2.75, 3.05) is 33.1 Å². The molecule has 11 heteroatoms. The van der Waals surface area contributed by atoms with Crippen LogP contribution in [0.25, 0.3) is 0 Å². The van der Waals surface area contributed by atoms with Gasteiger partial charge in [-0.05, 0) is 71.2 Å². The summed E-state index contributed by atoms with van der Waals surface area (Å²) < 4.78 is 0. The predicted octanol–water partition coefficient (Wildman–Crippen LogP) is 0.306. The molecule has 5 unspecified atom stereocenters. The number of fused-ring (bicyclic) bond motifs is 3. The Kier molecular flexibility index (Phi) is 7.15. The molecule has 1 aromatic rings. The van der Waals surface area contributed by atoms with E-state index >= 15 is 0 Å². The first kappa shape index (κ1) is 29.3. The lowest BCUT2D eigenvalue weighted by atomic mass is 9.52. The van der Waals surface area contributed by atoms with Crippen molar-refractivity contribution in [1.82, 2.24) is 9.80 Å². The second-order valence-corrected chi connectivity index (χ2v) is 12.9. The number of rotatable bonds is 5. The first-order chi connectivity index (χ1) is 19.1. The third kappa shape index (κ3) is 4.15. The lowest BCUT2D eigenvalue weighted by molar-refractivity contribution is -0.181. The van der Waals surface area contributed by atoms with Crippen LogP contribution in [-0.2, 0) is 32.1 Å². The van der Waals surface area contributed by atoms with Gasteiger partial charge in [0.05, 0.1) is 17.5 Å². The van der Waals surface area contributed by atoms with Crippen molar-refractivity contribution in [2.45, 2.75) is 69.8 Å². The highest BCUT2D eigenvalue weighted by Gasteiger charge is 2.69. The molecule has 0 spiro atoms. The van der Waals surface area contributed by atoms with Crippen molar-refractivity contribution in [3.8, 4) is 5.75 Å². The zero-order valence-electron chi connectivity index (χ0n) is 24.5. The summed E-state index contributed by atoms with van der Waals surface area (Å²) in [5.74, 6) is -10.3. The predicted molar refractivity (Wildman–Crippen MR) is 149 cm³/mol. The Morgan fingerprint density at radius 2 is 1.68 bits per heavy atom. The molecular weight excluding hydrogens is 528 g/mol. The SMILES string of the molecule is CC1CCC(C)N1Cc1cc(N(C)C)c2c(c1O)C(=O)C1C(=O)[C@]3(O)C(=O)C(C(N)=O)C(=O)C(N(C)C)[C@@H]3C[C@@H]1C2. The normalized spacial score (nSPS) is 35.4. The molecule has 0 radical (unpaired) electrons. The van der Waals surface area contributed by atoms with E-state index in [2.05, 4.69) is 18.7 Å². The number of likely N-dealkylation sites (N-methyl/N-ethyl adjacent to an activating group) is 1. The number of ketones is 4. The van der Waals surface area contributed by atoms with Crippen LogP contribution in [0.1, 0.15) is 54.6 Å². The summed E-state index contributed by atoms with van der Waals surface area (Å²) in [6.07, 6.45) is 2.33. The first-order valence-corrected chi connectivity index (χ1v) is 14.3. The molecule has 0 aromatic heterocycles. The molecule has 3 fully saturated rings. The summed E-state index contributed by atoms with van der Waals surface area (Å²) in [5.41, 5.74) is 4.63. The van der Waals surface area contributed by atoms with Crippen molar-refractivity contribution < 1.29 is 34.2 Å². The number of phenolic OH excluding ortho intramolecular Hbond substituents is 1. The molecule has 4 aliphatic rings. The van der Waals surface area contributed by atoms with Crippen molar-refractivity contribution in [3.63, 3.8) is 0 Å². The molecular formula is C30H40N4O7. The molecule has 222 valence electrons. The van der Waals surface area contributed by atoms with Crippen molar-refractivity contribution in [2.24, 2.45) is 29.4 Å². The maximum atomic E-state index is 14.2. The van der Waals surface area contributed by atoms with E-state index in [1.165, 1.54) is 4.90 Å². The number of benzene rings is 1. The lowest BCUT2D eigenvalue weighted by Crippen LogP contribution is -2.74. The topological polar surface area (TPSA) is 162 Å². The molecule has 41 heavy (non-hydrogen) atoms. The standard InChI is InChI=1S/C30H40N4O7/c1-13-7-8-14(2)34(13)12-16-11-19(32(3)4)17-9-15-10-18-23(33(5)6)26(37)22(29(31)40)28(39)30(18,41)27(38)20(15)25(36)21(17)24(16)35/h11,13-15,18,20,22-23,35,41H,7-10,12H2,1-6H3,(H2,31,40)/t13?,14?,15-,18-,20?,22?,23?,30-/m0/s1. The van der Waals surface area contributed by atoms with Gasteiger partial charge in [-0.25, -0.2) is 0 Å². The highest BCUT2D eigenvalue weighted by Crippen LogP contribution is 2.52. The van der Waals surface area contributed by atoms with Gasteiger partial charge in [0.1, 0.15) is 5.75 Å². The van der Waals surface area contributed by atoms with Gasteiger partial charge in [-0.3, -0.25) is 33.8 Å². The number of nitrogens with zero attached hydrogens (tertiary/aromatic N) is 3. The average Bonchev–Trinajstić information content (AvgIpc) is 3.19. The van der Waals surface area contributed by atoms with E-state index in [0.29, 0.717) is 29.8 Å². The number of primary amides is 1. The molecule has 1 amide bonds. The van der Waals surface area contributed by atoms with Gasteiger partial charge in [-0.15, -0.1) is 0 Å². The van der Waals surface area contributed by atoms with Crippen LogP contribution >= 0.6 is 0 Å². The van der Waals surface area contributed by atoms with E-state index in [1.807, 2.05) is 25.1 Å². The molecule has 8 atom stereocenters. The van der Waals surface area contributed by atoms with E-state index in [0.717, 1.165) is 18.5 Å². The Morgan fingerprint density at radius 3 is 2.22 bits per heavy atom. The van der Waals surface area contributed by atoms with E-state index in [9.17, 15) is 34.2 Å². The average molecular weight is 569 g/mol. The maximum absolute atomic E-state index is 14.2. The number of carbonyl (C=O) groups excluding carboxylic acids is 5. The number of anilines is 1. The van der Waals surface area contributed by atoms with E-state index in [4.69, 9.17) is 5.73 Å². The number of likely N-dealkylation sites (tertiary alicyclic amines) is 1. The zero-order valence-corrected chi connectivity index (χ0v) is 24.5. The number of aliphatic hydroxyl groups is 1. The second kappa shape index (κ2) is 9.99. The summed E-state index contributed by atoms with van der Waals surface area (Å²) >= 11 is 0. The molecule has 2 saturated carbocycles. The summed E-state index contributed by atoms with van der Waals surface area (Å²) in [5, 5.41) is 23.3. The summed E-state index contributed by atoms with van der Waals surface area (Å²) in [6.45, 7) is 4.69. The van der Waals surface area contributed by atoms with Crippen LogP contribution in [0.15, 0.2) is 6.07 Å². The van der Waals surface area contributed by atoms with Gasteiger partial charge >= 0.3 is 0 Å². The number of carbonyl (C=O) groups is 5. The van der Waals surface area contributed by atoms with Crippen molar-refractivity contribution in [3.05, 3.63) is 22.8 Å². The van der Waals surface area contributed by atoms with Crippen LogP contribution < -0.4 is 10.6 Å². The van der Waals surface area contributed by atoms with Gasteiger partial charge in [0.2, 0.25) is 5.91 Å². The Balaban J connectivity index is 1.63. The molecule has 1 heterocycles. The number of hydrogen-bond donors (Lipinski definition) is 3. The van der Waals surface area contributed by atoms with Crippen LogP contribution in [0.3, 0.4) is 0 Å². The number of amides is 1. The molecule has 11 nitrogen and oxygen atoms in total. The van der Waals surface area contributed by atoms with Crippen LogP contribution in [-0.4, -0.2) is 101 Å². The Morgan fingerprint density at radius 1 is 1.07 bits per heavy atom. The summed E-state index contributed by atoms with van der Waals surface area (Å²) in [7, 11) is 6.84. The van der Waals surface area contributed by atoms with E-state index < -0.39 is 64.4 Å². The second-order valence-electron chi connectivity index (χ2n) is 12.9. The quantitative estimate of drug-likeness (QED) is 0.422. The van der Waals surface area contributed by atoms with Crippen molar-refractivity contribution in [1.29, 1.82) is 0 Å². The fourth-order valence-corrected chi connectivity index (χ4v) is 7.98. The molecule has 3 aliphatic carbocycles. The fourth-order valence-electron chi connectivity index (χ4n) is 7.98. The van der Waals surface area contributed by atoms with Crippen molar-refractivity contribution >= 4 is 34.7 Å². The van der Waals surface area contributed by atoms with Gasteiger partial charge in [0, 0.05) is 49.9 Å². The maximum Gasteiger partial charge on any atom is 0.235 e. The third-order valence-corrected chi connectivity index (χ3v) is 10.1. The highest BCUT2D eigenvalue weighted by atomic mass is 16.3. The minimum absolute atomic E-state index is 0.0298. The Bertz CT molecular complexity index is 1350. The van der Waals surface area contributed by atoms with Crippen LogP contribution in [0, 0.1) is 23.7 Å². The number of phenols is 1. The third-order valence-electron chi connectivity index (χ3n) is 10.1. The van der Waals surface area contributed by atoms with Crippen LogP contribution in [0.2, 0.25) is 0 Å². The molecule has 4 N–H and O–H groups in total. The Labute approximate surface area is 239 Å². The number of Topliss-reactive ketones (excluding diaryl/α,β-unsaturated/α-hetero) is 4. The monoisotopic (exact) mass is 568 g/mol. The largest absolute Gasteiger partial charge is 0.507 e. The minimum atomic E-state index is -2.73. The zero-order chi connectivity index (χ0) is 30.3. The fraction of sp³-hybridized carbons (Fsp3) is 0.633. The number of hydrogen-bond acceptors (Lipinski definition) is 10. The highest BCUT2D eigenvalue weighted by molar-refractivity contribution is 6.32. The van der Waals surface area contributed by atoms with Gasteiger partial charge < -0.3 is 20.8 Å². The van der Waals surface area contributed by atoms with E-state index in [1.54, 1.807) is 14.1 Å². The number of nitrogens with two attached hydrogens (primary N) is 1. The molecule has 1 saturated heterocycles. The van der Waals surface area contributed by atoms with Gasteiger partial charge in [0.25, 0.3) is 0 Å². The molecule has 1 aromatic carbocycles. The lowest BCUT2D eigenvalue weighted by Gasteiger charge is -2.52. The molecule has 1 aliphatic heterocycles. The molecule has 5 rings (SSSR count). The summed E-state index contributed by atoms with van der Waals surface area (Å²) in [4.78, 5) is 72.8. The molecule has 0 bridgehead atoms. The summed E-state index contributed by atoms with van der Waals surface area (Å²) in [6, 6.07) is 1.38. The number of aromatic hydroxyl groups is 1. The van der Waals surface area contributed by atoms with Gasteiger partial charge in [-0.2, -0.15) is 0 Å². The van der Waals surface area contributed by atoms with E-state index in [-0.39, 0.29) is 24.2 Å². The van der Waals surface area contributed by atoms with Gasteiger partial charge in [-0.1, -0.05) is 0 Å². The Hall–Kier alpha value is -3.15. The van der Waals surface area contributed by atoms with Crippen LogP contribution in [0.5, 0.6) is 5.75 Å². The smallest absolute Gasteiger partial charge is 0.235 e. The minimum Gasteiger partial charge on any atom is -0.507 e. The first-order valence-electron chi connectivity index (χ1n) is 14.3. The van der Waals surface area contributed by atoms with Crippen LogP contribution in [0.4, 0.5) is 5.69 Å².